The minimum atomic E-state index is -3.52. The predicted molar refractivity (Wildman–Crippen MR) is 103 cm³/mol. The average molecular weight is 405 g/mol. The number of anilines is 1. The molecule has 2 aromatic rings. The molecule has 0 saturated carbocycles. The number of pyridine rings is 1. The van der Waals surface area contributed by atoms with Crippen LogP contribution in [0.5, 0.6) is 0 Å². The predicted octanol–water partition coefficient (Wildman–Crippen LogP) is 1.63. The first-order valence-electron chi connectivity index (χ1n) is 9.11. The summed E-state index contributed by atoms with van der Waals surface area (Å²) >= 11 is 0. The Morgan fingerprint density at radius 2 is 1.93 bits per heavy atom. The number of carbonyl (C=O) groups excluding carboxylic acids is 1. The first kappa shape index (κ1) is 18.9. The Labute approximate surface area is 163 Å². The number of piperazine rings is 1. The molecule has 0 spiro atoms. The zero-order valence-corrected chi connectivity index (χ0v) is 17.1. The monoisotopic (exact) mass is 405 g/mol. The van der Waals surface area contributed by atoms with Crippen LogP contribution in [0.3, 0.4) is 0 Å². The molecule has 4 rings (SSSR count). The summed E-state index contributed by atoms with van der Waals surface area (Å²) in [5.41, 5.74) is 0.230. The van der Waals surface area contributed by atoms with Crippen molar-refractivity contribution in [3.63, 3.8) is 0 Å². The molecule has 4 heterocycles. The number of sulfone groups is 1. The number of nitrogens with zero attached hydrogens (tertiary/aromatic N) is 5. The second-order valence-corrected chi connectivity index (χ2v) is 10.2. The average Bonchev–Trinajstić information content (AvgIpc) is 3.19. The lowest BCUT2D eigenvalue weighted by Crippen LogP contribution is -2.50. The van der Waals surface area contributed by atoms with Gasteiger partial charge in [-0.05, 0) is 39.3 Å². The summed E-state index contributed by atoms with van der Waals surface area (Å²) in [7, 11) is -3.52. The lowest BCUT2D eigenvalue weighted by atomic mass is 10.2. The lowest BCUT2D eigenvalue weighted by Gasteiger charge is -2.35. The lowest BCUT2D eigenvalue weighted by molar-refractivity contribution is 0.0214. The molecular weight excluding hydrogens is 382 g/mol. The van der Waals surface area contributed by atoms with Gasteiger partial charge in [-0.2, -0.15) is 0 Å². The Morgan fingerprint density at radius 1 is 1.18 bits per heavy atom. The van der Waals surface area contributed by atoms with Gasteiger partial charge >= 0.3 is 6.09 Å². The molecule has 28 heavy (non-hydrogen) atoms. The zero-order valence-electron chi connectivity index (χ0n) is 16.3. The molecule has 2 aliphatic rings. The van der Waals surface area contributed by atoms with Crippen LogP contribution in [0, 0.1) is 0 Å². The van der Waals surface area contributed by atoms with Crippen molar-refractivity contribution >= 4 is 32.8 Å². The molecule has 2 bridgehead atoms. The number of amides is 1. The fourth-order valence-electron chi connectivity index (χ4n) is 3.83. The Hall–Kier alpha value is -2.49. The largest absolute Gasteiger partial charge is 0.444 e. The molecule has 0 aliphatic carbocycles. The van der Waals surface area contributed by atoms with Crippen LogP contribution in [-0.2, 0) is 14.6 Å². The summed E-state index contributed by atoms with van der Waals surface area (Å²) in [6.07, 6.45) is 2.89. The normalized spacial score (nSPS) is 22.1. The summed E-state index contributed by atoms with van der Waals surface area (Å²) < 4.78 is 29.6. The molecule has 0 unspecified atom stereocenters. The Balaban J connectivity index is 1.59. The van der Waals surface area contributed by atoms with Crippen LogP contribution in [-0.4, -0.2) is 71.4 Å². The van der Waals surface area contributed by atoms with Gasteiger partial charge in [-0.25, -0.2) is 28.2 Å². The quantitative estimate of drug-likeness (QED) is 0.694. The van der Waals surface area contributed by atoms with Gasteiger partial charge in [-0.3, -0.25) is 0 Å². The van der Waals surface area contributed by atoms with Crippen LogP contribution in [0.2, 0.25) is 0 Å². The highest BCUT2D eigenvalue weighted by Crippen LogP contribution is 2.35. The van der Waals surface area contributed by atoms with Crippen molar-refractivity contribution in [2.45, 2.75) is 49.9 Å². The maximum Gasteiger partial charge on any atom is 0.410 e. The third kappa shape index (κ3) is 3.36. The number of fused-ring (bicyclic) bond motifs is 3. The number of rotatable bonds is 2. The Bertz CT molecular complexity index is 1050. The Morgan fingerprint density at radius 3 is 2.54 bits per heavy atom. The summed E-state index contributed by atoms with van der Waals surface area (Å²) in [4.78, 5) is 28.9. The van der Waals surface area contributed by atoms with E-state index in [0.717, 1.165) is 12.7 Å². The molecule has 0 N–H and O–H groups in total. The number of carbonyl (C=O) groups is 1. The highest BCUT2D eigenvalue weighted by Gasteiger charge is 2.47. The van der Waals surface area contributed by atoms with Crippen LogP contribution in [0.4, 0.5) is 10.6 Å². The van der Waals surface area contributed by atoms with E-state index in [4.69, 9.17) is 4.74 Å². The highest BCUT2D eigenvalue weighted by atomic mass is 32.2. The number of aromatic nitrogens is 3. The van der Waals surface area contributed by atoms with Gasteiger partial charge < -0.3 is 14.5 Å². The van der Waals surface area contributed by atoms with E-state index in [1.807, 2.05) is 26.8 Å². The summed E-state index contributed by atoms with van der Waals surface area (Å²) in [5.74, 6) is 0.670. The first-order chi connectivity index (χ1) is 13.0. The van der Waals surface area contributed by atoms with E-state index in [1.165, 1.54) is 6.33 Å². The molecule has 2 atom stereocenters. The maximum atomic E-state index is 12.4. The molecule has 2 aliphatic heterocycles. The van der Waals surface area contributed by atoms with Crippen molar-refractivity contribution in [2.75, 3.05) is 24.2 Å². The van der Waals surface area contributed by atoms with Gasteiger partial charge in [0.15, 0.2) is 14.9 Å². The van der Waals surface area contributed by atoms with E-state index in [2.05, 4.69) is 19.9 Å². The Kier molecular flexibility index (Phi) is 4.22. The molecule has 1 amide bonds. The van der Waals surface area contributed by atoms with Gasteiger partial charge in [-0.1, -0.05) is 0 Å². The van der Waals surface area contributed by atoms with E-state index < -0.39 is 15.4 Å². The number of likely N-dealkylation sites (tertiary alicyclic amines) is 1. The number of hydrogen-bond donors (Lipinski definition) is 0. The second-order valence-electron chi connectivity index (χ2n) is 8.32. The third-order valence-corrected chi connectivity index (χ3v) is 5.95. The number of hydrogen-bond acceptors (Lipinski definition) is 8. The smallest absolute Gasteiger partial charge is 0.410 e. The van der Waals surface area contributed by atoms with Crippen LogP contribution in [0.25, 0.3) is 11.0 Å². The van der Waals surface area contributed by atoms with E-state index >= 15 is 0 Å². The highest BCUT2D eigenvalue weighted by molar-refractivity contribution is 7.90. The van der Waals surface area contributed by atoms with Gasteiger partial charge in [0.05, 0.1) is 17.6 Å². The molecule has 0 radical (unpaired) electrons. The van der Waals surface area contributed by atoms with Crippen molar-refractivity contribution in [3.8, 4) is 0 Å². The van der Waals surface area contributed by atoms with Gasteiger partial charge in [0, 0.05) is 19.3 Å². The molecule has 150 valence electrons. The van der Waals surface area contributed by atoms with Crippen molar-refractivity contribution < 1.29 is 17.9 Å². The van der Waals surface area contributed by atoms with Crippen molar-refractivity contribution in [2.24, 2.45) is 0 Å². The fraction of sp³-hybridized carbons (Fsp3) is 0.556. The third-order valence-electron chi connectivity index (χ3n) is 4.95. The second kappa shape index (κ2) is 6.26. The molecular formula is C18H23N5O4S. The molecule has 2 saturated heterocycles. The standard InChI is InChI=1S/C18H23N5O4S/c1-18(2,3)27-17(24)23-9-11-7-12(23)8-22(11)14-6-5-13-15(21-14)16(20-10-19-13)28(4,25)26/h5-6,10-12H,7-9H2,1-4H3/t11-,12-/m0/s1. The molecule has 2 fully saturated rings. The SMILES string of the molecule is CC(C)(C)OC(=O)N1C[C@@H]2C[C@H]1CN2c1ccc2ncnc(S(C)(=O)=O)c2n1. The first-order valence-corrected chi connectivity index (χ1v) is 11.0. The van der Waals surface area contributed by atoms with Crippen molar-refractivity contribution in [3.05, 3.63) is 18.5 Å². The van der Waals surface area contributed by atoms with E-state index in [0.29, 0.717) is 24.4 Å². The van der Waals surface area contributed by atoms with Crippen LogP contribution < -0.4 is 4.90 Å². The van der Waals surface area contributed by atoms with Crippen LogP contribution in [0.15, 0.2) is 23.5 Å². The van der Waals surface area contributed by atoms with Crippen LogP contribution >= 0.6 is 0 Å². The zero-order chi connectivity index (χ0) is 20.3. The van der Waals surface area contributed by atoms with Gasteiger partial charge in [-0.15, -0.1) is 0 Å². The van der Waals surface area contributed by atoms with E-state index in [9.17, 15) is 13.2 Å². The fourth-order valence-corrected chi connectivity index (χ4v) is 4.57. The topological polar surface area (TPSA) is 106 Å². The molecule has 9 nitrogen and oxygen atoms in total. The molecule has 0 aromatic carbocycles. The summed E-state index contributed by atoms with van der Waals surface area (Å²) in [5, 5.41) is -0.0703. The minimum Gasteiger partial charge on any atom is -0.444 e. The van der Waals surface area contributed by atoms with E-state index in [-0.39, 0.29) is 28.7 Å². The maximum absolute atomic E-state index is 12.4. The minimum absolute atomic E-state index is 0.0544. The molecule has 2 aromatic heterocycles. The van der Waals surface area contributed by atoms with E-state index in [1.54, 1.807) is 11.0 Å². The van der Waals surface area contributed by atoms with Crippen molar-refractivity contribution in [1.82, 2.24) is 19.9 Å². The molecule has 10 heteroatoms. The van der Waals surface area contributed by atoms with Crippen molar-refractivity contribution in [1.29, 1.82) is 0 Å². The summed E-state index contributed by atoms with van der Waals surface area (Å²) in [6.45, 7) is 6.75. The van der Waals surface area contributed by atoms with Gasteiger partial charge in [0.25, 0.3) is 0 Å². The van der Waals surface area contributed by atoms with Gasteiger partial charge in [0.2, 0.25) is 0 Å². The summed E-state index contributed by atoms with van der Waals surface area (Å²) in [6, 6.07) is 3.76. The number of ether oxygens (including phenoxy) is 1. The van der Waals surface area contributed by atoms with Crippen LogP contribution in [0.1, 0.15) is 27.2 Å². The van der Waals surface area contributed by atoms with Gasteiger partial charge in [0.1, 0.15) is 23.3 Å².